The Morgan fingerprint density at radius 3 is 2.72 bits per heavy atom. The zero-order valence-electron chi connectivity index (χ0n) is 11.4. The maximum atomic E-state index is 11.9. The molecule has 1 aliphatic rings. The predicted molar refractivity (Wildman–Crippen MR) is 79.3 cm³/mol. The van der Waals surface area contributed by atoms with Crippen LogP contribution in [0, 0.1) is 13.8 Å². The molecule has 0 spiro atoms. The molecule has 0 aliphatic carbocycles. The van der Waals surface area contributed by atoms with Gasteiger partial charge in [-0.15, -0.1) is 23.4 Å². The highest BCUT2D eigenvalue weighted by Crippen LogP contribution is 2.45. The average molecular weight is 283 g/mol. The van der Waals surface area contributed by atoms with Gasteiger partial charge in [-0.2, -0.15) is 0 Å². The minimum atomic E-state index is 0.0337. The fourth-order valence-electron chi connectivity index (χ4n) is 2.79. The summed E-state index contributed by atoms with van der Waals surface area (Å²) in [5.74, 6) is 1.25. The Hall–Kier alpha value is -0.470. The van der Waals surface area contributed by atoms with E-state index >= 15 is 0 Å². The topological polar surface area (TPSA) is 17.1 Å². The molecule has 0 atom stereocenters. The van der Waals surface area contributed by atoms with Crippen LogP contribution in [-0.2, 0) is 5.41 Å². The van der Waals surface area contributed by atoms with Gasteiger partial charge in [0.25, 0.3) is 0 Å². The third-order valence-electron chi connectivity index (χ3n) is 3.80. The predicted octanol–water partition coefficient (Wildman–Crippen LogP) is 4.50. The van der Waals surface area contributed by atoms with E-state index in [1.54, 1.807) is 0 Å². The second-order valence-electron chi connectivity index (χ2n) is 5.61. The molecule has 1 aromatic rings. The van der Waals surface area contributed by atoms with Crippen molar-refractivity contribution in [3.8, 4) is 0 Å². The molecule has 1 heterocycles. The molecule has 98 valence electrons. The van der Waals surface area contributed by atoms with Crippen molar-refractivity contribution in [1.82, 2.24) is 0 Å². The molecule has 0 radical (unpaired) electrons. The highest BCUT2D eigenvalue weighted by atomic mass is 35.5. The van der Waals surface area contributed by atoms with Crippen LogP contribution < -0.4 is 0 Å². The maximum Gasteiger partial charge on any atom is 0.177 e. The number of hydrogen-bond donors (Lipinski definition) is 0. The number of ketones is 1. The van der Waals surface area contributed by atoms with Gasteiger partial charge in [0.1, 0.15) is 0 Å². The Labute approximate surface area is 118 Å². The Kier molecular flexibility index (Phi) is 3.80. The van der Waals surface area contributed by atoms with E-state index in [4.69, 9.17) is 11.6 Å². The number of benzene rings is 1. The molecule has 1 aliphatic heterocycles. The van der Waals surface area contributed by atoms with Crippen molar-refractivity contribution in [2.75, 3.05) is 11.6 Å². The summed E-state index contributed by atoms with van der Waals surface area (Å²) in [4.78, 5) is 13.3. The molecule has 0 amide bonds. The van der Waals surface area contributed by atoms with Crippen molar-refractivity contribution in [2.24, 2.45) is 0 Å². The van der Waals surface area contributed by atoms with Crippen LogP contribution in [0.2, 0.25) is 0 Å². The standard InChI is InChI=1S/C15H19ClOS/c1-9-7-11(12(17)8-16)10(2)13-14(9)18-6-5-15(13,3)4/h7H,5-6,8H2,1-4H3. The number of hydrogen-bond acceptors (Lipinski definition) is 2. The van der Waals surface area contributed by atoms with Crippen LogP contribution in [0.25, 0.3) is 0 Å². The fourth-order valence-corrected chi connectivity index (χ4v) is 4.61. The number of halogens is 1. The smallest absolute Gasteiger partial charge is 0.177 e. The van der Waals surface area contributed by atoms with Crippen molar-refractivity contribution in [3.05, 3.63) is 28.3 Å². The first-order chi connectivity index (χ1) is 8.38. The van der Waals surface area contributed by atoms with Gasteiger partial charge in [-0.25, -0.2) is 0 Å². The Bertz CT molecular complexity index is 506. The number of Topliss-reactive ketones (excluding diaryl/α,β-unsaturated/α-hetero) is 1. The van der Waals surface area contributed by atoms with Crippen molar-refractivity contribution in [1.29, 1.82) is 0 Å². The number of rotatable bonds is 2. The van der Waals surface area contributed by atoms with Crippen LogP contribution >= 0.6 is 23.4 Å². The number of carbonyl (C=O) groups is 1. The normalized spacial score (nSPS) is 17.4. The first-order valence-corrected chi connectivity index (χ1v) is 7.77. The van der Waals surface area contributed by atoms with Crippen molar-refractivity contribution >= 4 is 29.1 Å². The van der Waals surface area contributed by atoms with Gasteiger partial charge < -0.3 is 0 Å². The van der Waals surface area contributed by atoms with Gasteiger partial charge in [-0.3, -0.25) is 4.79 Å². The zero-order chi connectivity index (χ0) is 13.5. The summed E-state index contributed by atoms with van der Waals surface area (Å²) in [6.45, 7) is 8.70. The number of aryl methyl sites for hydroxylation is 1. The molecular weight excluding hydrogens is 264 g/mol. The maximum absolute atomic E-state index is 11.9. The van der Waals surface area contributed by atoms with E-state index in [9.17, 15) is 4.79 Å². The van der Waals surface area contributed by atoms with E-state index in [-0.39, 0.29) is 17.1 Å². The lowest BCUT2D eigenvalue weighted by molar-refractivity contribution is 0.102. The van der Waals surface area contributed by atoms with Crippen LogP contribution in [0.1, 0.15) is 47.3 Å². The molecule has 18 heavy (non-hydrogen) atoms. The van der Waals surface area contributed by atoms with Gasteiger partial charge >= 0.3 is 0 Å². The van der Waals surface area contributed by atoms with Crippen molar-refractivity contribution in [3.63, 3.8) is 0 Å². The number of alkyl halides is 1. The molecule has 2 rings (SSSR count). The van der Waals surface area contributed by atoms with E-state index in [1.165, 1.54) is 16.0 Å². The Morgan fingerprint density at radius 1 is 1.44 bits per heavy atom. The third-order valence-corrected chi connectivity index (χ3v) is 5.26. The SMILES string of the molecule is Cc1cc(C(=O)CCl)c(C)c2c1SCCC2(C)C. The molecule has 1 nitrogen and oxygen atoms in total. The molecular formula is C15H19ClOS. The summed E-state index contributed by atoms with van der Waals surface area (Å²) in [6.07, 6.45) is 1.16. The van der Waals surface area contributed by atoms with E-state index in [0.717, 1.165) is 23.3 Å². The summed E-state index contributed by atoms with van der Waals surface area (Å²) < 4.78 is 0. The monoisotopic (exact) mass is 282 g/mol. The number of carbonyl (C=O) groups excluding carboxylic acids is 1. The van der Waals surface area contributed by atoms with Gasteiger partial charge in [-0.05, 0) is 54.2 Å². The lowest BCUT2D eigenvalue weighted by Gasteiger charge is -2.35. The molecule has 0 saturated carbocycles. The molecule has 3 heteroatoms. The Morgan fingerprint density at radius 2 is 2.11 bits per heavy atom. The van der Waals surface area contributed by atoms with Crippen LogP contribution in [0.5, 0.6) is 0 Å². The molecule has 0 aromatic heterocycles. The molecule has 0 fully saturated rings. The van der Waals surface area contributed by atoms with Crippen LogP contribution in [0.4, 0.5) is 0 Å². The van der Waals surface area contributed by atoms with Crippen LogP contribution in [-0.4, -0.2) is 17.4 Å². The molecule has 0 N–H and O–H groups in total. The van der Waals surface area contributed by atoms with E-state index in [0.29, 0.717) is 0 Å². The first-order valence-electron chi connectivity index (χ1n) is 6.25. The number of thioether (sulfide) groups is 1. The minimum absolute atomic E-state index is 0.0337. The minimum Gasteiger partial charge on any atom is -0.293 e. The quantitative estimate of drug-likeness (QED) is 0.587. The lowest BCUT2D eigenvalue weighted by Crippen LogP contribution is -2.26. The van der Waals surface area contributed by atoms with E-state index in [2.05, 4.69) is 27.7 Å². The Balaban J connectivity index is 2.71. The second kappa shape index (κ2) is 4.90. The first kappa shape index (κ1) is 14.0. The summed E-state index contributed by atoms with van der Waals surface area (Å²) >= 11 is 7.63. The zero-order valence-corrected chi connectivity index (χ0v) is 13.0. The molecule has 0 bridgehead atoms. The van der Waals surface area contributed by atoms with Crippen LogP contribution in [0.3, 0.4) is 0 Å². The highest BCUT2D eigenvalue weighted by Gasteiger charge is 2.32. The van der Waals surface area contributed by atoms with E-state index < -0.39 is 0 Å². The van der Waals surface area contributed by atoms with Gasteiger partial charge in [-0.1, -0.05) is 13.8 Å². The summed E-state index contributed by atoms with van der Waals surface area (Å²) in [6, 6.07) is 2.01. The molecule has 1 aromatic carbocycles. The highest BCUT2D eigenvalue weighted by molar-refractivity contribution is 7.99. The van der Waals surface area contributed by atoms with Gasteiger partial charge in [0, 0.05) is 10.5 Å². The van der Waals surface area contributed by atoms with Crippen molar-refractivity contribution in [2.45, 2.75) is 44.4 Å². The van der Waals surface area contributed by atoms with Crippen molar-refractivity contribution < 1.29 is 4.79 Å². The molecule has 0 saturated heterocycles. The lowest BCUT2D eigenvalue weighted by atomic mass is 9.77. The van der Waals surface area contributed by atoms with Crippen LogP contribution in [0.15, 0.2) is 11.0 Å². The van der Waals surface area contributed by atoms with Gasteiger partial charge in [0.15, 0.2) is 5.78 Å². The van der Waals surface area contributed by atoms with E-state index in [1.807, 2.05) is 17.8 Å². The largest absolute Gasteiger partial charge is 0.293 e. The number of fused-ring (bicyclic) bond motifs is 1. The summed E-state index contributed by atoms with van der Waals surface area (Å²) in [7, 11) is 0. The molecule has 0 unspecified atom stereocenters. The summed E-state index contributed by atoms with van der Waals surface area (Å²) in [5.41, 5.74) is 4.64. The summed E-state index contributed by atoms with van der Waals surface area (Å²) in [5, 5.41) is 0. The van der Waals surface area contributed by atoms with Gasteiger partial charge in [0.05, 0.1) is 5.88 Å². The van der Waals surface area contributed by atoms with Gasteiger partial charge in [0.2, 0.25) is 0 Å². The average Bonchev–Trinajstić information content (AvgIpc) is 2.31. The fraction of sp³-hybridized carbons (Fsp3) is 0.533. The third kappa shape index (κ3) is 2.21. The second-order valence-corrected chi connectivity index (χ2v) is 6.98.